The highest BCUT2D eigenvalue weighted by Gasteiger charge is 2.53. The lowest BCUT2D eigenvalue weighted by molar-refractivity contribution is -0.142. The molecule has 4 nitrogen and oxygen atoms in total. The van der Waals surface area contributed by atoms with E-state index in [-0.39, 0.29) is 41.9 Å². The molecule has 3 rings (SSSR count). The maximum Gasteiger partial charge on any atom is 0.334 e. The van der Waals surface area contributed by atoms with E-state index in [0.717, 1.165) is 29.6 Å². The molecule has 5 atom stereocenters. The molecule has 2 saturated carbocycles. The van der Waals surface area contributed by atoms with Gasteiger partial charge in [-0.2, -0.15) is 0 Å². The van der Waals surface area contributed by atoms with Crippen LogP contribution >= 0.6 is 0 Å². The van der Waals surface area contributed by atoms with Gasteiger partial charge in [0, 0.05) is 23.5 Å². The van der Waals surface area contributed by atoms with Crippen LogP contribution in [-0.4, -0.2) is 24.1 Å². The van der Waals surface area contributed by atoms with Gasteiger partial charge in [-0.15, -0.1) is 0 Å². The van der Waals surface area contributed by atoms with E-state index in [4.69, 9.17) is 9.47 Å². The Labute approximate surface area is 142 Å². The summed E-state index contributed by atoms with van der Waals surface area (Å²) >= 11 is 0. The first-order chi connectivity index (χ1) is 11.3. The molecule has 4 heteroatoms. The summed E-state index contributed by atoms with van der Waals surface area (Å²) in [5.74, 6) is -0.566. The van der Waals surface area contributed by atoms with Crippen LogP contribution in [0.1, 0.15) is 33.1 Å². The molecule has 0 amide bonds. The van der Waals surface area contributed by atoms with E-state index in [1.807, 2.05) is 13.8 Å². The Morgan fingerprint density at radius 2 is 1.96 bits per heavy atom. The smallest absolute Gasteiger partial charge is 0.334 e. The number of carbonyl (C=O) groups is 2. The number of hydrogen-bond acceptors (Lipinski definition) is 4. The third kappa shape index (κ3) is 2.74. The zero-order valence-corrected chi connectivity index (χ0v) is 14.3. The molecule has 0 radical (unpaired) electrons. The van der Waals surface area contributed by atoms with Crippen LogP contribution in [0.15, 0.2) is 48.1 Å². The molecule has 3 fully saturated rings. The normalized spacial score (nSPS) is 35.0. The largest absolute Gasteiger partial charge is 0.458 e. The van der Waals surface area contributed by atoms with Gasteiger partial charge in [0.25, 0.3) is 0 Å². The van der Waals surface area contributed by atoms with Crippen molar-refractivity contribution in [1.82, 2.24) is 0 Å². The van der Waals surface area contributed by atoms with Crippen LogP contribution in [0, 0.1) is 17.8 Å². The third-order valence-corrected chi connectivity index (χ3v) is 5.41. The van der Waals surface area contributed by atoms with Crippen molar-refractivity contribution >= 4 is 11.9 Å². The fourth-order valence-corrected chi connectivity index (χ4v) is 4.22. The molecule has 3 aliphatic rings. The summed E-state index contributed by atoms with van der Waals surface area (Å²) in [5, 5.41) is 0. The first-order valence-electron chi connectivity index (χ1n) is 8.41. The van der Waals surface area contributed by atoms with Gasteiger partial charge in [-0.3, -0.25) is 0 Å². The van der Waals surface area contributed by atoms with Crippen molar-refractivity contribution < 1.29 is 19.1 Å². The van der Waals surface area contributed by atoms with E-state index in [9.17, 15) is 9.59 Å². The summed E-state index contributed by atoms with van der Waals surface area (Å²) in [7, 11) is 0. The predicted molar refractivity (Wildman–Crippen MR) is 90.9 cm³/mol. The molecular formula is C20H24O4. The number of fused-ring (bicyclic) bond motifs is 3. The lowest BCUT2D eigenvalue weighted by atomic mass is 9.82. The number of ether oxygens (including phenoxy) is 2. The molecule has 1 aliphatic heterocycles. The second kappa shape index (κ2) is 6.08. The fourth-order valence-electron chi connectivity index (χ4n) is 4.22. The fraction of sp³-hybridized carbons (Fsp3) is 0.500. The van der Waals surface area contributed by atoms with Crippen molar-refractivity contribution in [3.05, 3.63) is 48.1 Å². The van der Waals surface area contributed by atoms with Gasteiger partial charge in [-0.1, -0.05) is 30.9 Å². The zero-order chi connectivity index (χ0) is 17.6. The molecule has 0 unspecified atom stereocenters. The molecule has 0 bridgehead atoms. The Balaban J connectivity index is 1.85. The van der Waals surface area contributed by atoms with Gasteiger partial charge >= 0.3 is 11.9 Å². The molecule has 1 heterocycles. The van der Waals surface area contributed by atoms with Gasteiger partial charge < -0.3 is 9.47 Å². The summed E-state index contributed by atoms with van der Waals surface area (Å²) in [6.07, 6.45) is 3.20. The van der Waals surface area contributed by atoms with E-state index < -0.39 is 0 Å². The van der Waals surface area contributed by atoms with Crippen LogP contribution in [0.25, 0.3) is 0 Å². The molecule has 0 spiro atoms. The highest BCUT2D eigenvalue weighted by molar-refractivity contribution is 5.91. The van der Waals surface area contributed by atoms with Crippen LogP contribution in [0.3, 0.4) is 0 Å². The molecule has 0 aromatic carbocycles. The van der Waals surface area contributed by atoms with E-state index in [2.05, 4.69) is 19.7 Å². The highest BCUT2D eigenvalue weighted by Crippen LogP contribution is 2.52. The van der Waals surface area contributed by atoms with Crippen LogP contribution in [0.5, 0.6) is 0 Å². The Kier molecular flexibility index (Phi) is 4.24. The van der Waals surface area contributed by atoms with Gasteiger partial charge in [0.2, 0.25) is 0 Å². The van der Waals surface area contributed by atoms with Crippen LogP contribution in [0.4, 0.5) is 0 Å². The lowest BCUT2D eigenvalue weighted by Gasteiger charge is -2.26. The summed E-state index contributed by atoms with van der Waals surface area (Å²) < 4.78 is 11.2. The minimum atomic E-state index is -0.355. The number of rotatable bonds is 2. The number of allylic oxidation sites excluding steroid dienone is 2. The Morgan fingerprint density at radius 3 is 2.62 bits per heavy atom. The van der Waals surface area contributed by atoms with Crippen LogP contribution in [-0.2, 0) is 19.1 Å². The van der Waals surface area contributed by atoms with Crippen LogP contribution < -0.4 is 0 Å². The minimum absolute atomic E-state index is 0.00762. The average Bonchev–Trinajstić information content (AvgIpc) is 2.89. The van der Waals surface area contributed by atoms with Gasteiger partial charge in [0.05, 0.1) is 0 Å². The molecule has 1 saturated heterocycles. The van der Waals surface area contributed by atoms with Crippen LogP contribution in [0.2, 0.25) is 0 Å². The van der Waals surface area contributed by atoms with E-state index >= 15 is 0 Å². The van der Waals surface area contributed by atoms with Crippen molar-refractivity contribution in [2.24, 2.45) is 17.8 Å². The Morgan fingerprint density at radius 1 is 1.25 bits per heavy atom. The van der Waals surface area contributed by atoms with Gasteiger partial charge in [0.1, 0.15) is 12.2 Å². The number of carbonyl (C=O) groups excluding carboxylic acids is 2. The molecule has 0 N–H and O–H groups in total. The maximum absolute atomic E-state index is 12.0. The highest BCUT2D eigenvalue weighted by atomic mass is 16.6. The van der Waals surface area contributed by atoms with E-state index in [1.165, 1.54) is 6.08 Å². The SMILES string of the molecule is C=C1[C@@H]2[C@H]3OC(=O)C(=C)[C@H]3CCC(=C)[C@@H]2C[C@@H]1OC(=O)C=C(C)C. The van der Waals surface area contributed by atoms with Crippen molar-refractivity contribution in [2.75, 3.05) is 0 Å². The number of hydrogen-bond donors (Lipinski definition) is 0. The molecule has 0 aromatic heterocycles. The standard InChI is InChI=1S/C20H24O4/c1-10(2)8-17(21)23-16-9-15-11(3)6-7-14-12(4)20(22)24-19(14)18(15)13(16)5/h8,14-16,18-19H,3-7,9H2,1-2H3/t14-,15+,16+,18+,19+/m1/s1. The molecule has 24 heavy (non-hydrogen) atoms. The number of esters is 2. The molecule has 2 aliphatic carbocycles. The topological polar surface area (TPSA) is 52.6 Å². The molecule has 0 aromatic rings. The Bertz CT molecular complexity index is 665. The third-order valence-electron chi connectivity index (χ3n) is 5.41. The second-order valence-corrected chi connectivity index (χ2v) is 7.29. The maximum atomic E-state index is 12.0. The average molecular weight is 328 g/mol. The first kappa shape index (κ1) is 16.7. The van der Waals surface area contributed by atoms with Gasteiger partial charge in [-0.05, 0) is 44.6 Å². The zero-order valence-electron chi connectivity index (χ0n) is 14.3. The summed E-state index contributed by atoms with van der Waals surface area (Å²) in [4.78, 5) is 23.9. The van der Waals surface area contributed by atoms with Crippen molar-refractivity contribution in [2.45, 2.75) is 45.3 Å². The molecule has 128 valence electrons. The first-order valence-corrected chi connectivity index (χ1v) is 8.41. The second-order valence-electron chi connectivity index (χ2n) is 7.29. The summed E-state index contributed by atoms with van der Waals surface area (Å²) in [6.45, 7) is 16.0. The summed E-state index contributed by atoms with van der Waals surface area (Å²) in [6, 6.07) is 0. The Hall–Kier alpha value is -2.10. The summed E-state index contributed by atoms with van der Waals surface area (Å²) in [5.41, 5.74) is 3.39. The predicted octanol–water partition coefficient (Wildman–Crippen LogP) is 3.50. The van der Waals surface area contributed by atoms with Gasteiger partial charge in [0.15, 0.2) is 0 Å². The van der Waals surface area contributed by atoms with Crippen molar-refractivity contribution in [3.8, 4) is 0 Å². The van der Waals surface area contributed by atoms with E-state index in [1.54, 1.807) is 0 Å². The monoisotopic (exact) mass is 328 g/mol. The van der Waals surface area contributed by atoms with Crippen molar-refractivity contribution in [1.29, 1.82) is 0 Å². The minimum Gasteiger partial charge on any atom is -0.458 e. The quantitative estimate of drug-likeness (QED) is 0.442. The van der Waals surface area contributed by atoms with Crippen molar-refractivity contribution in [3.63, 3.8) is 0 Å². The lowest BCUT2D eigenvalue weighted by Crippen LogP contribution is -2.29. The van der Waals surface area contributed by atoms with E-state index in [0.29, 0.717) is 12.0 Å². The molecular weight excluding hydrogens is 304 g/mol. The van der Waals surface area contributed by atoms with Gasteiger partial charge in [-0.25, -0.2) is 9.59 Å².